The molecule has 0 aliphatic rings. The summed E-state index contributed by atoms with van der Waals surface area (Å²) in [4.78, 5) is 9.45. The second-order valence-electron chi connectivity index (χ2n) is 1.92. The average Bonchev–Trinajstić information content (AvgIpc) is 1.83. The SMILES string of the molecule is CC/C(C)=C/C[N+](=O)[O-]. The van der Waals surface area contributed by atoms with Gasteiger partial charge in [-0.2, -0.15) is 0 Å². The first-order valence-electron chi connectivity index (χ1n) is 2.94. The van der Waals surface area contributed by atoms with Crippen molar-refractivity contribution in [1.29, 1.82) is 0 Å². The average molecular weight is 129 g/mol. The standard InChI is InChI=1S/C6H11NO2/c1-3-6(2)4-5-7(8)9/h4H,3,5H2,1-2H3/b6-4+. The predicted octanol–water partition coefficient (Wildman–Crippen LogP) is 1.62. The third kappa shape index (κ3) is 5.00. The van der Waals surface area contributed by atoms with Crippen LogP contribution in [0.4, 0.5) is 0 Å². The Kier molecular flexibility index (Phi) is 3.67. The van der Waals surface area contributed by atoms with Gasteiger partial charge in [0, 0.05) is 4.92 Å². The van der Waals surface area contributed by atoms with Crippen LogP contribution in [0, 0.1) is 10.1 Å². The van der Waals surface area contributed by atoms with Crippen molar-refractivity contribution in [2.45, 2.75) is 20.3 Å². The highest BCUT2D eigenvalue weighted by atomic mass is 16.6. The van der Waals surface area contributed by atoms with E-state index in [0.29, 0.717) is 0 Å². The van der Waals surface area contributed by atoms with Crippen molar-refractivity contribution in [3.8, 4) is 0 Å². The van der Waals surface area contributed by atoms with E-state index in [0.717, 1.165) is 12.0 Å². The van der Waals surface area contributed by atoms with Gasteiger partial charge in [0.05, 0.1) is 0 Å². The molecule has 0 amide bonds. The van der Waals surface area contributed by atoms with E-state index >= 15 is 0 Å². The van der Waals surface area contributed by atoms with Crippen molar-refractivity contribution >= 4 is 0 Å². The number of rotatable bonds is 3. The zero-order valence-electron chi connectivity index (χ0n) is 5.76. The van der Waals surface area contributed by atoms with Gasteiger partial charge in [-0.25, -0.2) is 0 Å². The Balaban J connectivity index is 3.56. The molecule has 0 aromatic rings. The van der Waals surface area contributed by atoms with Crippen molar-refractivity contribution in [3.05, 3.63) is 21.8 Å². The summed E-state index contributed by atoms with van der Waals surface area (Å²) in [6.45, 7) is 3.83. The molecule has 0 radical (unpaired) electrons. The topological polar surface area (TPSA) is 43.1 Å². The zero-order chi connectivity index (χ0) is 7.28. The van der Waals surface area contributed by atoms with E-state index in [9.17, 15) is 10.1 Å². The molecule has 0 aliphatic carbocycles. The highest BCUT2D eigenvalue weighted by Gasteiger charge is 1.90. The van der Waals surface area contributed by atoms with Crippen LogP contribution in [-0.4, -0.2) is 11.5 Å². The summed E-state index contributed by atoms with van der Waals surface area (Å²) in [5.41, 5.74) is 1.08. The molecule has 0 heterocycles. The van der Waals surface area contributed by atoms with Gasteiger partial charge in [0.2, 0.25) is 6.54 Å². The Morgan fingerprint density at radius 1 is 1.78 bits per heavy atom. The minimum absolute atomic E-state index is 0.0420. The van der Waals surface area contributed by atoms with Crippen LogP contribution < -0.4 is 0 Å². The fourth-order valence-corrected chi connectivity index (χ4v) is 0.375. The Morgan fingerprint density at radius 3 is 2.67 bits per heavy atom. The van der Waals surface area contributed by atoms with E-state index in [1.807, 2.05) is 13.8 Å². The van der Waals surface area contributed by atoms with E-state index < -0.39 is 0 Å². The number of hydrogen-bond acceptors (Lipinski definition) is 2. The van der Waals surface area contributed by atoms with E-state index in [4.69, 9.17) is 0 Å². The van der Waals surface area contributed by atoms with Crippen molar-refractivity contribution in [2.24, 2.45) is 0 Å². The second kappa shape index (κ2) is 4.06. The second-order valence-corrected chi connectivity index (χ2v) is 1.92. The molecule has 0 spiro atoms. The summed E-state index contributed by atoms with van der Waals surface area (Å²) in [5.74, 6) is 0. The summed E-state index contributed by atoms with van der Waals surface area (Å²) in [6, 6.07) is 0. The van der Waals surface area contributed by atoms with Crippen LogP contribution in [0.25, 0.3) is 0 Å². The molecule has 52 valence electrons. The fourth-order valence-electron chi connectivity index (χ4n) is 0.375. The fraction of sp³-hybridized carbons (Fsp3) is 0.667. The molecule has 0 aromatic heterocycles. The van der Waals surface area contributed by atoms with Crippen molar-refractivity contribution < 1.29 is 4.92 Å². The van der Waals surface area contributed by atoms with Crippen LogP contribution in [0.1, 0.15) is 20.3 Å². The lowest BCUT2D eigenvalue weighted by atomic mass is 10.2. The summed E-state index contributed by atoms with van der Waals surface area (Å²) in [6.07, 6.45) is 2.54. The molecule has 0 N–H and O–H groups in total. The number of hydrogen-bond donors (Lipinski definition) is 0. The lowest BCUT2D eigenvalue weighted by Gasteiger charge is -1.89. The molecule has 0 rings (SSSR count). The molecular formula is C6H11NO2. The van der Waals surface area contributed by atoms with Crippen LogP contribution >= 0.6 is 0 Å². The maximum atomic E-state index is 9.78. The molecule has 0 aromatic carbocycles. The van der Waals surface area contributed by atoms with Crippen LogP contribution in [-0.2, 0) is 0 Å². The van der Waals surface area contributed by atoms with Crippen molar-refractivity contribution in [3.63, 3.8) is 0 Å². The van der Waals surface area contributed by atoms with Gasteiger partial charge in [-0.3, -0.25) is 10.1 Å². The molecule has 3 nitrogen and oxygen atoms in total. The molecule has 0 unspecified atom stereocenters. The highest BCUT2D eigenvalue weighted by molar-refractivity contribution is 4.96. The molecular weight excluding hydrogens is 118 g/mol. The van der Waals surface area contributed by atoms with Crippen LogP contribution in [0.2, 0.25) is 0 Å². The minimum atomic E-state index is -0.334. The summed E-state index contributed by atoms with van der Waals surface area (Å²) < 4.78 is 0. The van der Waals surface area contributed by atoms with Crippen molar-refractivity contribution in [1.82, 2.24) is 0 Å². The predicted molar refractivity (Wildman–Crippen MR) is 35.9 cm³/mol. The Hall–Kier alpha value is -0.860. The smallest absolute Gasteiger partial charge is 0.222 e. The van der Waals surface area contributed by atoms with Crippen molar-refractivity contribution in [2.75, 3.05) is 6.54 Å². The highest BCUT2D eigenvalue weighted by Crippen LogP contribution is 1.95. The molecule has 3 heteroatoms. The monoisotopic (exact) mass is 129 g/mol. The lowest BCUT2D eigenvalue weighted by molar-refractivity contribution is -0.468. The van der Waals surface area contributed by atoms with Gasteiger partial charge >= 0.3 is 0 Å². The molecule has 0 bridgehead atoms. The number of nitro groups is 1. The van der Waals surface area contributed by atoms with E-state index in [2.05, 4.69) is 0 Å². The largest absolute Gasteiger partial charge is 0.264 e. The van der Waals surface area contributed by atoms with Gasteiger partial charge in [0.15, 0.2) is 0 Å². The molecule has 0 aliphatic heterocycles. The van der Waals surface area contributed by atoms with Gasteiger partial charge in [0.25, 0.3) is 0 Å². The van der Waals surface area contributed by atoms with E-state index in [1.165, 1.54) is 0 Å². The summed E-state index contributed by atoms with van der Waals surface area (Å²) >= 11 is 0. The Labute approximate surface area is 54.5 Å². The third-order valence-electron chi connectivity index (χ3n) is 1.15. The first-order chi connectivity index (χ1) is 4.16. The van der Waals surface area contributed by atoms with Crippen LogP contribution in [0.5, 0.6) is 0 Å². The number of nitrogens with zero attached hydrogens (tertiary/aromatic N) is 1. The van der Waals surface area contributed by atoms with Crippen LogP contribution in [0.15, 0.2) is 11.6 Å². The quantitative estimate of drug-likeness (QED) is 0.330. The summed E-state index contributed by atoms with van der Waals surface area (Å²) in [7, 11) is 0. The van der Waals surface area contributed by atoms with Gasteiger partial charge in [-0.1, -0.05) is 12.5 Å². The Morgan fingerprint density at radius 2 is 2.33 bits per heavy atom. The summed E-state index contributed by atoms with van der Waals surface area (Å²) in [5, 5.41) is 9.78. The molecule has 0 atom stereocenters. The first kappa shape index (κ1) is 8.14. The molecule has 0 saturated carbocycles. The third-order valence-corrected chi connectivity index (χ3v) is 1.15. The maximum Gasteiger partial charge on any atom is 0.222 e. The van der Waals surface area contributed by atoms with Gasteiger partial charge in [-0.15, -0.1) is 0 Å². The van der Waals surface area contributed by atoms with E-state index in [1.54, 1.807) is 6.08 Å². The van der Waals surface area contributed by atoms with Gasteiger partial charge in [-0.05, 0) is 19.4 Å². The normalized spacial score (nSPS) is 11.6. The van der Waals surface area contributed by atoms with E-state index in [-0.39, 0.29) is 11.5 Å². The number of allylic oxidation sites excluding steroid dienone is 1. The molecule has 0 fully saturated rings. The van der Waals surface area contributed by atoms with Gasteiger partial charge in [0.1, 0.15) is 0 Å². The Bertz CT molecular complexity index is 129. The van der Waals surface area contributed by atoms with Crippen LogP contribution in [0.3, 0.4) is 0 Å². The van der Waals surface area contributed by atoms with Gasteiger partial charge < -0.3 is 0 Å². The zero-order valence-corrected chi connectivity index (χ0v) is 5.76. The molecule has 9 heavy (non-hydrogen) atoms. The lowest BCUT2D eigenvalue weighted by Crippen LogP contribution is -1.96. The maximum absolute atomic E-state index is 9.78. The molecule has 0 saturated heterocycles. The minimum Gasteiger partial charge on any atom is -0.264 e. The first-order valence-corrected chi connectivity index (χ1v) is 2.94.